The molecule has 1 fully saturated rings. The predicted molar refractivity (Wildman–Crippen MR) is 155 cm³/mol. The van der Waals surface area contributed by atoms with Crippen LogP contribution in [-0.4, -0.2) is 33.1 Å². The number of amides is 3. The lowest BCUT2D eigenvalue weighted by molar-refractivity contribution is -0.127. The predicted octanol–water partition coefficient (Wildman–Crippen LogP) is 7.37. The molecule has 0 aliphatic carbocycles. The van der Waals surface area contributed by atoms with Crippen LogP contribution in [0, 0.1) is 5.82 Å². The van der Waals surface area contributed by atoms with Crippen molar-refractivity contribution in [1.29, 1.82) is 0 Å². The maximum atomic E-state index is 13.1. The van der Waals surface area contributed by atoms with Crippen molar-refractivity contribution in [3.63, 3.8) is 0 Å². The number of fused-ring (bicyclic) bond motifs is 1. The Labute approximate surface area is 238 Å². The molecule has 1 N–H and O–H groups in total. The summed E-state index contributed by atoms with van der Waals surface area (Å²) in [6, 6.07) is 16.7. The van der Waals surface area contributed by atoms with Crippen molar-refractivity contribution in [3.8, 4) is 0 Å². The first-order valence-corrected chi connectivity index (χ1v) is 13.7. The van der Waals surface area contributed by atoms with E-state index in [1.54, 1.807) is 12.1 Å². The Kier molecular flexibility index (Phi) is 7.79. The highest BCUT2D eigenvalue weighted by Crippen LogP contribution is 2.35. The molecule has 0 spiro atoms. The van der Waals surface area contributed by atoms with Crippen molar-refractivity contribution >= 4 is 74.7 Å². The van der Waals surface area contributed by atoms with Crippen LogP contribution in [0.4, 0.5) is 14.9 Å². The summed E-state index contributed by atoms with van der Waals surface area (Å²) in [7, 11) is 0. The zero-order valence-electron chi connectivity index (χ0n) is 20.7. The van der Waals surface area contributed by atoms with Crippen LogP contribution in [0.5, 0.6) is 0 Å². The van der Waals surface area contributed by atoms with Gasteiger partial charge in [0.25, 0.3) is 11.1 Å². The molecule has 0 atom stereocenters. The fraction of sp³-hybridized carbons (Fsp3) is 0.138. The van der Waals surface area contributed by atoms with Crippen molar-refractivity contribution in [2.24, 2.45) is 0 Å². The van der Waals surface area contributed by atoms with E-state index in [0.717, 1.165) is 50.7 Å². The summed E-state index contributed by atoms with van der Waals surface area (Å²) in [6.07, 6.45) is 4.44. The number of carbonyl (C=O) groups is 3. The average Bonchev–Trinajstić information content (AvgIpc) is 3.39. The Hall–Kier alpha value is -3.59. The lowest BCUT2D eigenvalue weighted by Gasteiger charge is -2.12. The molecule has 39 heavy (non-hydrogen) atoms. The number of rotatable bonds is 7. The second-order valence-corrected chi connectivity index (χ2v) is 10.8. The van der Waals surface area contributed by atoms with Gasteiger partial charge < -0.3 is 9.88 Å². The number of thioether (sulfide) groups is 1. The third-order valence-electron chi connectivity index (χ3n) is 6.32. The number of halogens is 3. The van der Waals surface area contributed by atoms with E-state index in [4.69, 9.17) is 23.2 Å². The minimum Gasteiger partial charge on any atom is -0.342 e. The van der Waals surface area contributed by atoms with E-state index in [1.165, 1.54) is 24.3 Å². The minimum atomic E-state index is -0.559. The molecular weight excluding hydrogens is 560 g/mol. The number of anilines is 1. The molecule has 4 aromatic rings. The summed E-state index contributed by atoms with van der Waals surface area (Å²) in [5.41, 5.74) is 4.27. The highest BCUT2D eigenvalue weighted by Gasteiger charge is 2.36. The van der Waals surface area contributed by atoms with Gasteiger partial charge in [0.2, 0.25) is 5.91 Å². The summed E-state index contributed by atoms with van der Waals surface area (Å²) in [5, 5.41) is 3.93. The van der Waals surface area contributed by atoms with Gasteiger partial charge in [0.15, 0.2) is 0 Å². The van der Waals surface area contributed by atoms with Crippen LogP contribution >= 0.6 is 35.0 Å². The number of imide groups is 1. The van der Waals surface area contributed by atoms with Crippen LogP contribution in [-0.2, 0) is 22.6 Å². The van der Waals surface area contributed by atoms with E-state index < -0.39 is 29.4 Å². The molecule has 1 saturated heterocycles. The Morgan fingerprint density at radius 2 is 1.82 bits per heavy atom. The zero-order chi connectivity index (χ0) is 27.7. The van der Waals surface area contributed by atoms with Gasteiger partial charge in [0.1, 0.15) is 12.4 Å². The monoisotopic (exact) mass is 581 g/mol. The molecular formula is C29H22Cl2FN3O3S. The Bertz CT molecular complexity index is 1650. The molecule has 0 radical (unpaired) electrons. The Morgan fingerprint density at radius 1 is 1.05 bits per heavy atom. The highest BCUT2D eigenvalue weighted by molar-refractivity contribution is 8.18. The second-order valence-electron chi connectivity index (χ2n) is 8.95. The van der Waals surface area contributed by atoms with E-state index in [0.29, 0.717) is 22.3 Å². The van der Waals surface area contributed by atoms with Gasteiger partial charge in [0.05, 0.1) is 20.5 Å². The van der Waals surface area contributed by atoms with Gasteiger partial charge in [-0.25, -0.2) is 4.39 Å². The van der Waals surface area contributed by atoms with Gasteiger partial charge in [-0.05, 0) is 71.8 Å². The maximum absolute atomic E-state index is 13.1. The van der Waals surface area contributed by atoms with Crippen LogP contribution < -0.4 is 5.32 Å². The van der Waals surface area contributed by atoms with Crippen molar-refractivity contribution in [2.45, 2.75) is 19.9 Å². The normalized spacial score (nSPS) is 14.6. The van der Waals surface area contributed by atoms with Gasteiger partial charge in [-0.2, -0.15) is 0 Å². The molecule has 5 rings (SSSR count). The van der Waals surface area contributed by atoms with E-state index in [2.05, 4.69) is 22.9 Å². The van der Waals surface area contributed by atoms with Crippen molar-refractivity contribution in [1.82, 2.24) is 9.47 Å². The first-order valence-electron chi connectivity index (χ1n) is 12.1. The van der Waals surface area contributed by atoms with Gasteiger partial charge in [0, 0.05) is 29.4 Å². The van der Waals surface area contributed by atoms with Crippen LogP contribution in [0.1, 0.15) is 23.6 Å². The van der Waals surface area contributed by atoms with Gasteiger partial charge >= 0.3 is 0 Å². The molecule has 6 nitrogen and oxygen atoms in total. The number of nitrogens with one attached hydrogen (secondary N) is 1. The molecule has 198 valence electrons. The van der Waals surface area contributed by atoms with Gasteiger partial charge in [-0.1, -0.05) is 54.4 Å². The largest absolute Gasteiger partial charge is 0.342 e. The molecule has 1 aliphatic heterocycles. The van der Waals surface area contributed by atoms with Crippen molar-refractivity contribution < 1.29 is 18.8 Å². The zero-order valence-corrected chi connectivity index (χ0v) is 23.0. The molecule has 0 saturated carbocycles. The van der Waals surface area contributed by atoms with Crippen LogP contribution in [0.2, 0.25) is 10.0 Å². The second kappa shape index (κ2) is 11.3. The molecule has 0 unspecified atom stereocenters. The molecule has 3 aromatic carbocycles. The van der Waals surface area contributed by atoms with E-state index >= 15 is 0 Å². The number of para-hydroxylation sites is 1. The fourth-order valence-corrected chi connectivity index (χ4v) is 5.63. The van der Waals surface area contributed by atoms with Gasteiger partial charge in [-0.3, -0.25) is 19.3 Å². The van der Waals surface area contributed by atoms with Crippen LogP contribution in [0.15, 0.2) is 71.8 Å². The Balaban J connectivity index is 1.42. The SMILES string of the molecule is CCc1cccc2c(/C=C3\SC(=O)N(CC(=O)Nc4ccc(F)cc4)C3=O)cn(Cc3ccc(Cl)c(Cl)c3)c12. The van der Waals surface area contributed by atoms with E-state index in [1.807, 2.05) is 30.5 Å². The number of nitrogens with zero attached hydrogens (tertiary/aromatic N) is 2. The first kappa shape index (κ1) is 27.0. The number of benzene rings is 3. The van der Waals surface area contributed by atoms with Gasteiger partial charge in [-0.15, -0.1) is 0 Å². The fourth-order valence-electron chi connectivity index (χ4n) is 4.48. The summed E-state index contributed by atoms with van der Waals surface area (Å²) in [6.45, 7) is 2.16. The molecule has 3 amide bonds. The number of aryl methyl sites for hydroxylation is 1. The summed E-state index contributed by atoms with van der Waals surface area (Å²) in [5.74, 6) is -1.54. The lowest BCUT2D eigenvalue weighted by atomic mass is 10.1. The smallest absolute Gasteiger partial charge is 0.294 e. The lowest BCUT2D eigenvalue weighted by Crippen LogP contribution is -2.36. The van der Waals surface area contributed by atoms with E-state index in [-0.39, 0.29) is 4.91 Å². The van der Waals surface area contributed by atoms with Crippen LogP contribution in [0.25, 0.3) is 17.0 Å². The molecule has 1 aliphatic rings. The third kappa shape index (κ3) is 5.73. The molecule has 0 bridgehead atoms. The average molecular weight is 582 g/mol. The van der Waals surface area contributed by atoms with Crippen LogP contribution in [0.3, 0.4) is 0 Å². The summed E-state index contributed by atoms with van der Waals surface area (Å²) >= 11 is 13.1. The van der Waals surface area contributed by atoms with Crippen molar-refractivity contribution in [3.05, 3.63) is 104 Å². The molecule has 10 heteroatoms. The number of hydrogen-bond acceptors (Lipinski definition) is 4. The number of carbonyl (C=O) groups excluding carboxylic acids is 3. The quantitative estimate of drug-likeness (QED) is 0.231. The molecule has 1 aromatic heterocycles. The summed E-state index contributed by atoms with van der Waals surface area (Å²) < 4.78 is 15.2. The number of aromatic nitrogens is 1. The number of hydrogen-bond donors (Lipinski definition) is 1. The molecule has 2 heterocycles. The van der Waals surface area contributed by atoms with Crippen molar-refractivity contribution in [2.75, 3.05) is 11.9 Å². The minimum absolute atomic E-state index is 0.227. The third-order valence-corrected chi connectivity index (χ3v) is 7.97. The standard InChI is InChI=1S/C29H22Cl2FN3O3S/c1-2-18-4-3-5-22-19(15-34(27(18)22)14-17-6-11-23(30)24(31)12-17)13-25-28(37)35(29(38)39-25)16-26(36)33-21-9-7-20(32)8-10-21/h3-13,15H,2,14,16H2,1H3,(H,33,36)/b25-13-. The van der Waals surface area contributed by atoms with E-state index in [9.17, 15) is 18.8 Å². The highest BCUT2D eigenvalue weighted by atomic mass is 35.5. The maximum Gasteiger partial charge on any atom is 0.294 e. The summed E-state index contributed by atoms with van der Waals surface area (Å²) in [4.78, 5) is 39.4. The Morgan fingerprint density at radius 3 is 2.54 bits per heavy atom. The topological polar surface area (TPSA) is 71.4 Å². The first-order chi connectivity index (χ1) is 18.7.